The molecule has 29 heavy (non-hydrogen) atoms. The summed E-state index contributed by atoms with van der Waals surface area (Å²) < 4.78 is 2.37. The van der Waals surface area contributed by atoms with E-state index in [1.54, 1.807) is 11.8 Å². The van der Waals surface area contributed by atoms with Crippen LogP contribution in [0.2, 0.25) is 0 Å². The van der Waals surface area contributed by atoms with Gasteiger partial charge in [0, 0.05) is 36.2 Å². The fourth-order valence-corrected chi connectivity index (χ4v) is 5.53. The summed E-state index contributed by atoms with van der Waals surface area (Å²) in [5, 5.41) is 4.08. The standard InChI is InChI=1S/C23H32N4OS/c1-16-14-20(26-12-6-7-13-26)10-11-21(16)25-22(28)15-29-23-24-17(2)18(3)27(23)19-8-4-5-9-19/h10-11,14,19H,4-9,12-13,15H2,1-3H3,(H,25,28). The molecule has 4 rings (SSSR count). The molecular weight excluding hydrogens is 380 g/mol. The van der Waals surface area contributed by atoms with Gasteiger partial charge in [-0.1, -0.05) is 24.6 Å². The molecule has 0 spiro atoms. The summed E-state index contributed by atoms with van der Waals surface area (Å²) in [7, 11) is 0. The van der Waals surface area contributed by atoms with E-state index in [2.05, 4.69) is 47.7 Å². The second-order valence-electron chi connectivity index (χ2n) is 8.40. The van der Waals surface area contributed by atoms with E-state index in [0.717, 1.165) is 35.2 Å². The molecule has 156 valence electrons. The Balaban J connectivity index is 1.39. The maximum atomic E-state index is 12.6. The summed E-state index contributed by atoms with van der Waals surface area (Å²) in [5.74, 6) is 0.416. The van der Waals surface area contributed by atoms with Crippen molar-refractivity contribution in [3.8, 4) is 0 Å². The summed E-state index contributed by atoms with van der Waals surface area (Å²) in [4.78, 5) is 19.8. The Hall–Kier alpha value is -1.95. The smallest absolute Gasteiger partial charge is 0.234 e. The molecule has 1 saturated heterocycles. The van der Waals surface area contributed by atoms with E-state index < -0.39 is 0 Å². The van der Waals surface area contributed by atoms with Crippen molar-refractivity contribution in [3.05, 3.63) is 35.2 Å². The summed E-state index contributed by atoms with van der Waals surface area (Å²) >= 11 is 1.56. The minimum Gasteiger partial charge on any atom is -0.372 e. The van der Waals surface area contributed by atoms with E-state index in [0.29, 0.717) is 11.8 Å². The molecule has 6 heteroatoms. The lowest BCUT2D eigenvalue weighted by molar-refractivity contribution is -0.113. The molecule has 1 amide bonds. The van der Waals surface area contributed by atoms with Gasteiger partial charge in [0.25, 0.3) is 0 Å². The van der Waals surface area contributed by atoms with Crippen LogP contribution in [-0.4, -0.2) is 34.3 Å². The highest BCUT2D eigenvalue weighted by Gasteiger charge is 2.23. The van der Waals surface area contributed by atoms with Crippen LogP contribution in [0.5, 0.6) is 0 Å². The molecule has 1 aliphatic heterocycles. The van der Waals surface area contributed by atoms with Gasteiger partial charge < -0.3 is 14.8 Å². The number of amides is 1. The van der Waals surface area contributed by atoms with E-state index in [1.807, 2.05) is 6.07 Å². The van der Waals surface area contributed by atoms with Gasteiger partial charge in [0.15, 0.2) is 5.16 Å². The quantitative estimate of drug-likeness (QED) is 0.658. The van der Waals surface area contributed by atoms with Crippen LogP contribution in [-0.2, 0) is 4.79 Å². The molecule has 1 aromatic carbocycles. The SMILES string of the molecule is Cc1cc(N2CCCC2)ccc1NC(=O)CSc1nc(C)c(C)n1C1CCCC1. The van der Waals surface area contributed by atoms with Gasteiger partial charge in [-0.25, -0.2) is 4.98 Å². The van der Waals surface area contributed by atoms with Crippen molar-refractivity contribution in [2.75, 3.05) is 29.1 Å². The van der Waals surface area contributed by atoms with Gasteiger partial charge >= 0.3 is 0 Å². The molecule has 1 aromatic heterocycles. The van der Waals surface area contributed by atoms with Gasteiger partial charge in [0.05, 0.1) is 11.4 Å². The van der Waals surface area contributed by atoms with Crippen molar-refractivity contribution >= 4 is 29.0 Å². The molecular formula is C23H32N4OS. The first-order valence-electron chi connectivity index (χ1n) is 10.9. The highest BCUT2D eigenvalue weighted by atomic mass is 32.2. The molecule has 0 unspecified atom stereocenters. The van der Waals surface area contributed by atoms with Crippen LogP contribution in [0.25, 0.3) is 0 Å². The van der Waals surface area contributed by atoms with Gasteiger partial charge in [-0.2, -0.15) is 0 Å². The number of aryl methyl sites for hydroxylation is 2. The molecule has 0 bridgehead atoms. The molecule has 2 heterocycles. The van der Waals surface area contributed by atoms with Crippen molar-refractivity contribution in [1.29, 1.82) is 0 Å². The third kappa shape index (κ3) is 4.47. The fourth-order valence-electron chi connectivity index (χ4n) is 4.57. The third-order valence-electron chi connectivity index (χ3n) is 6.33. The Morgan fingerprint density at radius 2 is 1.86 bits per heavy atom. The number of nitrogens with one attached hydrogen (secondary N) is 1. The number of anilines is 2. The van der Waals surface area contributed by atoms with E-state index >= 15 is 0 Å². The minimum atomic E-state index is 0.0308. The summed E-state index contributed by atoms with van der Waals surface area (Å²) in [6, 6.07) is 6.90. The molecule has 2 aliphatic rings. The number of hydrogen-bond donors (Lipinski definition) is 1. The second-order valence-corrected chi connectivity index (χ2v) is 9.35. The summed E-state index contributed by atoms with van der Waals surface area (Å²) in [5.41, 5.74) is 5.61. The van der Waals surface area contributed by atoms with Crippen LogP contribution in [0.15, 0.2) is 23.4 Å². The molecule has 0 radical (unpaired) electrons. The zero-order valence-corrected chi connectivity index (χ0v) is 18.6. The number of rotatable bonds is 6. The van der Waals surface area contributed by atoms with Crippen molar-refractivity contribution in [1.82, 2.24) is 9.55 Å². The number of imidazole rings is 1. The highest BCUT2D eigenvalue weighted by molar-refractivity contribution is 7.99. The Labute approximate surface area is 178 Å². The van der Waals surface area contributed by atoms with Crippen LogP contribution in [0.3, 0.4) is 0 Å². The number of carbonyl (C=O) groups excluding carboxylic acids is 1. The second kappa shape index (κ2) is 8.82. The molecule has 5 nitrogen and oxygen atoms in total. The lowest BCUT2D eigenvalue weighted by Gasteiger charge is -2.19. The zero-order chi connectivity index (χ0) is 20.4. The molecule has 1 saturated carbocycles. The van der Waals surface area contributed by atoms with Crippen molar-refractivity contribution in [2.24, 2.45) is 0 Å². The number of benzene rings is 1. The number of hydrogen-bond acceptors (Lipinski definition) is 4. The van der Waals surface area contributed by atoms with Crippen LogP contribution in [0.1, 0.15) is 61.5 Å². The zero-order valence-electron chi connectivity index (χ0n) is 17.8. The highest BCUT2D eigenvalue weighted by Crippen LogP contribution is 2.35. The average Bonchev–Trinajstić information content (AvgIpc) is 3.45. The van der Waals surface area contributed by atoms with Gasteiger partial charge in [-0.3, -0.25) is 4.79 Å². The Morgan fingerprint density at radius 3 is 2.55 bits per heavy atom. The largest absolute Gasteiger partial charge is 0.372 e. The van der Waals surface area contributed by atoms with E-state index in [4.69, 9.17) is 4.98 Å². The number of nitrogens with zero attached hydrogens (tertiary/aromatic N) is 3. The Bertz CT molecular complexity index is 879. The fraction of sp³-hybridized carbons (Fsp3) is 0.565. The molecule has 2 fully saturated rings. The van der Waals surface area contributed by atoms with Crippen LogP contribution in [0.4, 0.5) is 11.4 Å². The average molecular weight is 413 g/mol. The topological polar surface area (TPSA) is 50.2 Å². The van der Waals surface area contributed by atoms with Gasteiger partial charge in [-0.05, 0) is 70.2 Å². The molecule has 2 aromatic rings. The van der Waals surface area contributed by atoms with E-state index in [-0.39, 0.29) is 5.91 Å². The van der Waals surface area contributed by atoms with Crippen molar-refractivity contribution in [3.63, 3.8) is 0 Å². The first-order chi connectivity index (χ1) is 14.0. The lowest BCUT2D eigenvalue weighted by atomic mass is 10.1. The lowest BCUT2D eigenvalue weighted by Crippen LogP contribution is -2.19. The van der Waals surface area contributed by atoms with Gasteiger partial charge in [0.1, 0.15) is 0 Å². The number of aromatic nitrogens is 2. The van der Waals surface area contributed by atoms with E-state index in [1.165, 1.54) is 49.9 Å². The first-order valence-corrected chi connectivity index (χ1v) is 11.8. The predicted molar refractivity (Wildman–Crippen MR) is 121 cm³/mol. The molecule has 1 N–H and O–H groups in total. The van der Waals surface area contributed by atoms with Crippen LogP contribution < -0.4 is 10.2 Å². The molecule has 1 aliphatic carbocycles. The Kier molecular flexibility index (Phi) is 6.18. The summed E-state index contributed by atoms with van der Waals surface area (Å²) in [6.45, 7) is 8.55. The summed E-state index contributed by atoms with van der Waals surface area (Å²) in [6.07, 6.45) is 7.56. The van der Waals surface area contributed by atoms with E-state index in [9.17, 15) is 4.79 Å². The Morgan fingerprint density at radius 1 is 1.14 bits per heavy atom. The van der Waals surface area contributed by atoms with Crippen molar-refractivity contribution in [2.45, 2.75) is 70.5 Å². The van der Waals surface area contributed by atoms with Gasteiger partial charge in [-0.15, -0.1) is 0 Å². The predicted octanol–water partition coefficient (Wildman–Crippen LogP) is 5.25. The minimum absolute atomic E-state index is 0.0308. The first kappa shape index (κ1) is 20.3. The van der Waals surface area contributed by atoms with Crippen LogP contribution in [0, 0.1) is 20.8 Å². The van der Waals surface area contributed by atoms with Crippen LogP contribution >= 0.6 is 11.8 Å². The number of carbonyl (C=O) groups is 1. The maximum Gasteiger partial charge on any atom is 0.234 e. The van der Waals surface area contributed by atoms with Gasteiger partial charge in [0.2, 0.25) is 5.91 Å². The monoisotopic (exact) mass is 412 g/mol. The normalized spacial score (nSPS) is 17.3. The maximum absolute atomic E-state index is 12.6. The number of thioether (sulfide) groups is 1. The molecule has 0 atom stereocenters. The van der Waals surface area contributed by atoms with Crippen molar-refractivity contribution < 1.29 is 4.79 Å². The third-order valence-corrected chi connectivity index (χ3v) is 7.28.